The lowest BCUT2D eigenvalue weighted by Gasteiger charge is -2.23. The number of aromatic nitrogens is 2. The number of amides is 1. The summed E-state index contributed by atoms with van der Waals surface area (Å²) in [4.78, 5) is 16.1. The van der Waals surface area contributed by atoms with Crippen LogP contribution in [-0.4, -0.2) is 50.7 Å². The van der Waals surface area contributed by atoms with Gasteiger partial charge in [-0.1, -0.05) is 97.5 Å². The molecule has 6 rings (SSSR count). The largest absolute Gasteiger partial charge is 0.286 e. The van der Waals surface area contributed by atoms with Crippen molar-refractivity contribution in [3.8, 4) is 16.9 Å². The number of thioether (sulfide) groups is 1. The zero-order chi connectivity index (χ0) is 30.0. The topological polar surface area (TPSA) is 75.5 Å². The van der Waals surface area contributed by atoms with Crippen molar-refractivity contribution in [2.75, 3.05) is 13.1 Å². The van der Waals surface area contributed by atoms with Crippen molar-refractivity contribution in [3.63, 3.8) is 0 Å². The Morgan fingerprint density at radius 2 is 1.58 bits per heavy atom. The Morgan fingerprint density at radius 3 is 2.28 bits per heavy atom. The molecule has 0 bridgehead atoms. The van der Waals surface area contributed by atoms with Crippen LogP contribution in [0, 0.1) is 0 Å². The average Bonchev–Trinajstić information content (AvgIpc) is 3.42. The molecule has 1 amide bonds. The number of rotatable bonds is 7. The monoisotopic (exact) mass is 628 g/mol. The maximum atomic E-state index is 13.7. The van der Waals surface area contributed by atoms with E-state index in [-0.39, 0.29) is 16.8 Å². The lowest BCUT2D eigenvalue weighted by Crippen LogP contribution is -2.31. The third-order valence-corrected chi connectivity index (χ3v) is 11.1. The summed E-state index contributed by atoms with van der Waals surface area (Å²) in [7, 11) is -3.65. The van der Waals surface area contributed by atoms with Crippen LogP contribution in [0.25, 0.3) is 23.0 Å². The summed E-state index contributed by atoms with van der Waals surface area (Å²) in [5.74, 6) is -0.165. The normalized spacial score (nSPS) is 18.3. The second-order valence-electron chi connectivity index (χ2n) is 10.7. The lowest BCUT2D eigenvalue weighted by molar-refractivity contribution is -0.123. The van der Waals surface area contributed by atoms with Gasteiger partial charge < -0.3 is 0 Å². The maximum absolute atomic E-state index is 13.7. The van der Waals surface area contributed by atoms with Gasteiger partial charge in [-0.2, -0.15) is 9.40 Å². The third-order valence-electron chi connectivity index (χ3n) is 7.85. The van der Waals surface area contributed by atoms with Crippen molar-refractivity contribution in [1.82, 2.24) is 19.0 Å². The first-order chi connectivity index (χ1) is 20.8. The Balaban J connectivity index is 1.39. The summed E-state index contributed by atoms with van der Waals surface area (Å²) in [6, 6.07) is 26.2. The van der Waals surface area contributed by atoms with Crippen LogP contribution in [0.15, 0.2) is 101 Å². The summed E-state index contributed by atoms with van der Waals surface area (Å²) in [6.07, 6.45) is 7.51. The maximum Gasteiger partial charge on any atom is 0.266 e. The molecule has 3 heterocycles. The summed E-state index contributed by atoms with van der Waals surface area (Å²) >= 11 is 6.93. The van der Waals surface area contributed by atoms with Gasteiger partial charge in [-0.25, -0.2) is 13.1 Å². The number of carbonyl (C=O) groups is 1. The number of thiocarbonyl (C=S) groups is 1. The van der Waals surface area contributed by atoms with E-state index in [2.05, 4.69) is 0 Å². The lowest BCUT2D eigenvalue weighted by atomic mass is 10.1. The van der Waals surface area contributed by atoms with E-state index in [0.29, 0.717) is 39.1 Å². The predicted molar refractivity (Wildman–Crippen MR) is 176 cm³/mol. The van der Waals surface area contributed by atoms with Crippen molar-refractivity contribution in [2.24, 2.45) is 0 Å². The molecule has 10 heteroatoms. The first kappa shape index (κ1) is 29.5. The minimum Gasteiger partial charge on any atom is -0.286 e. The molecule has 0 saturated carbocycles. The molecule has 0 N–H and O–H groups in total. The van der Waals surface area contributed by atoms with E-state index in [4.69, 9.17) is 17.3 Å². The highest BCUT2D eigenvalue weighted by molar-refractivity contribution is 8.26. The van der Waals surface area contributed by atoms with Crippen LogP contribution in [0.2, 0.25) is 0 Å². The number of nitrogens with zero attached hydrogens (tertiary/aromatic N) is 4. The minimum atomic E-state index is -3.65. The fraction of sp³-hybridized carbons (Fsp3) is 0.242. The van der Waals surface area contributed by atoms with Crippen LogP contribution in [0.3, 0.4) is 0 Å². The van der Waals surface area contributed by atoms with Crippen molar-refractivity contribution in [2.45, 2.75) is 43.5 Å². The first-order valence-corrected chi connectivity index (χ1v) is 17.1. The number of hydrogen-bond donors (Lipinski definition) is 0. The fourth-order valence-corrected chi connectivity index (χ4v) is 8.47. The van der Waals surface area contributed by atoms with Crippen LogP contribution >= 0.6 is 24.0 Å². The number of para-hydroxylation sites is 1. The van der Waals surface area contributed by atoms with Crippen molar-refractivity contribution >= 4 is 50.3 Å². The molecule has 2 saturated heterocycles. The van der Waals surface area contributed by atoms with Gasteiger partial charge in [0.05, 0.1) is 21.5 Å². The molecular formula is C33H32N4O3S3. The van der Waals surface area contributed by atoms with Gasteiger partial charge in [0.1, 0.15) is 10.0 Å². The Kier molecular flexibility index (Phi) is 8.63. The number of carbonyl (C=O) groups excluding carboxylic acids is 1. The molecule has 2 aliphatic heterocycles. The van der Waals surface area contributed by atoms with Gasteiger partial charge in [-0.05, 0) is 55.7 Å². The zero-order valence-electron chi connectivity index (χ0n) is 23.8. The van der Waals surface area contributed by atoms with E-state index in [1.807, 2.05) is 85.9 Å². The van der Waals surface area contributed by atoms with Gasteiger partial charge >= 0.3 is 0 Å². The molecule has 3 aromatic carbocycles. The predicted octanol–water partition coefficient (Wildman–Crippen LogP) is 7.07. The highest BCUT2D eigenvalue weighted by Crippen LogP contribution is 2.39. The van der Waals surface area contributed by atoms with E-state index in [9.17, 15) is 13.2 Å². The van der Waals surface area contributed by atoms with E-state index >= 15 is 0 Å². The average molecular weight is 629 g/mol. The molecule has 220 valence electrons. The van der Waals surface area contributed by atoms with Crippen LogP contribution in [0.4, 0.5) is 0 Å². The molecule has 0 aliphatic carbocycles. The highest BCUT2D eigenvalue weighted by atomic mass is 32.2. The first-order valence-electron chi connectivity index (χ1n) is 14.4. The Labute approximate surface area is 262 Å². The zero-order valence-corrected chi connectivity index (χ0v) is 26.2. The summed E-state index contributed by atoms with van der Waals surface area (Å²) in [6.45, 7) is 3.03. The summed E-state index contributed by atoms with van der Waals surface area (Å²) in [5, 5.41) is 4.89. The smallest absolute Gasteiger partial charge is 0.266 e. The van der Waals surface area contributed by atoms with Gasteiger partial charge in [0.15, 0.2) is 0 Å². The quantitative estimate of drug-likeness (QED) is 0.161. The molecule has 7 nitrogen and oxygen atoms in total. The van der Waals surface area contributed by atoms with Gasteiger partial charge in [0.25, 0.3) is 5.91 Å². The Hall–Kier alpha value is -3.57. The van der Waals surface area contributed by atoms with Crippen molar-refractivity contribution in [3.05, 3.63) is 107 Å². The molecule has 1 unspecified atom stereocenters. The number of sulfonamides is 1. The van der Waals surface area contributed by atoms with Crippen molar-refractivity contribution in [1.29, 1.82) is 0 Å². The van der Waals surface area contributed by atoms with E-state index < -0.39 is 10.0 Å². The number of hydrogen-bond acceptors (Lipinski definition) is 6. The number of benzene rings is 3. The molecule has 1 aromatic heterocycles. The SMILES string of the molecule is CC(c1ccccc1)N1C(=O)/C(=C/c2cn(-c3ccccc3)nc2-c2cccc(S(=O)(=O)N3CCCCCC3)c2)SC1=S. The van der Waals surface area contributed by atoms with Gasteiger partial charge in [0, 0.05) is 30.4 Å². The summed E-state index contributed by atoms with van der Waals surface area (Å²) < 4.78 is 31.1. The van der Waals surface area contributed by atoms with E-state index in [0.717, 1.165) is 36.9 Å². The van der Waals surface area contributed by atoms with Crippen LogP contribution < -0.4 is 0 Å². The van der Waals surface area contributed by atoms with Gasteiger partial charge in [-0.15, -0.1) is 0 Å². The molecule has 2 fully saturated rings. The van der Waals surface area contributed by atoms with Crippen molar-refractivity contribution < 1.29 is 13.2 Å². The molecule has 43 heavy (non-hydrogen) atoms. The molecule has 2 aliphatic rings. The van der Waals surface area contributed by atoms with Crippen LogP contribution in [0.5, 0.6) is 0 Å². The van der Waals surface area contributed by atoms with Gasteiger partial charge in [-0.3, -0.25) is 9.69 Å². The van der Waals surface area contributed by atoms with E-state index in [1.54, 1.807) is 32.1 Å². The molecule has 0 spiro atoms. The van der Waals surface area contributed by atoms with E-state index in [1.165, 1.54) is 11.8 Å². The molecule has 1 atom stereocenters. The highest BCUT2D eigenvalue weighted by Gasteiger charge is 2.36. The van der Waals surface area contributed by atoms with Crippen LogP contribution in [-0.2, 0) is 14.8 Å². The minimum absolute atomic E-state index is 0.165. The standard InChI is InChI=1S/C33H32N4O3S3/c1-24(25-13-6-4-7-14-25)37-32(38)30(42-33(37)41)22-27-23-36(28-16-8-5-9-17-28)34-31(27)26-15-12-18-29(21-26)43(39,40)35-19-10-2-3-11-20-35/h4-9,12-18,21-24H,2-3,10-11,19-20H2,1H3/b30-22-. The Bertz CT molecular complexity index is 1780. The van der Waals surface area contributed by atoms with Crippen LogP contribution in [0.1, 0.15) is 49.8 Å². The Morgan fingerprint density at radius 1 is 0.907 bits per heavy atom. The second kappa shape index (κ2) is 12.6. The fourth-order valence-electron chi connectivity index (χ4n) is 5.50. The molecule has 0 radical (unpaired) electrons. The molecular weight excluding hydrogens is 597 g/mol. The summed E-state index contributed by atoms with van der Waals surface area (Å²) in [5.41, 5.74) is 3.78. The third kappa shape index (κ3) is 6.10. The second-order valence-corrected chi connectivity index (χ2v) is 14.3. The molecule has 4 aromatic rings. The van der Waals surface area contributed by atoms with Gasteiger partial charge in [0.2, 0.25) is 10.0 Å².